The Morgan fingerprint density at radius 3 is 2.44 bits per heavy atom. The van der Waals surface area contributed by atoms with Crippen molar-refractivity contribution in [1.82, 2.24) is 4.98 Å². The molecule has 0 unspecified atom stereocenters. The molecule has 0 aliphatic carbocycles. The highest BCUT2D eigenvalue weighted by Crippen LogP contribution is 2.29. The number of hydrogen-bond acceptors (Lipinski definition) is 4. The van der Waals surface area contributed by atoms with Crippen LogP contribution in [0.15, 0.2) is 6.07 Å². The number of halogens is 4. The Kier molecular flexibility index (Phi) is 3.94. The normalized spacial score (nSPS) is 11.2. The molecule has 0 saturated carbocycles. The van der Waals surface area contributed by atoms with Crippen molar-refractivity contribution >= 4 is 5.97 Å². The van der Waals surface area contributed by atoms with Crippen molar-refractivity contribution in [2.45, 2.75) is 13.0 Å². The summed E-state index contributed by atoms with van der Waals surface area (Å²) < 4.78 is 56.6. The molecule has 0 spiro atoms. The van der Waals surface area contributed by atoms with Crippen LogP contribution in [0.1, 0.15) is 15.9 Å². The molecule has 5 nitrogen and oxygen atoms in total. The van der Waals surface area contributed by atoms with Gasteiger partial charge in [0.25, 0.3) is 0 Å². The van der Waals surface area contributed by atoms with Crippen molar-refractivity contribution < 1.29 is 36.9 Å². The van der Waals surface area contributed by atoms with Crippen LogP contribution in [0.25, 0.3) is 0 Å². The number of carbonyl (C=O) groups is 1. The lowest BCUT2D eigenvalue weighted by atomic mass is 10.2. The van der Waals surface area contributed by atoms with Crippen LogP contribution in [0.3, 0.4) is 0 Å². The summed E-state index contributed by atoms with van der Waals surface area (Å²) in [6, 6.07) is 0.676. The number of nitrogens with zero attached hydrogens (tertiary/aromatic N) is 1. The zero-order chi connectivity index (χ0) is 13.9. The van der Waals surface area contributed by atoms with Gasteiger partial charge in [-0.05, 0) is 6.07 Å². The molecule has 100 valence electrons. The molecule has 1 rings (SSSR count). The van der Waals surface area contributed by atoms with E-state index in [4.69, 9.17) is 5.11 Å². The second kappa shape index (κ2) is 5.07. The van der Waals surface area contributed by atoms with E-state index < -0.39 is 36.3 Å². The standard InChI is InChI=1S/C9H7F4NO4/c1-17-6-4(3-10)2-5(8(15)16)7(14-6)18-9(11,12)13/h2H,3H2,1H3,(H,15,16). The monoisotopic (exact) mass is 269 g/mol. The Morgan fingerprint density at radius 2 is 2.06 bits per heavy atom. The number of rotatable bonds is 4. The minimum absolute atomic E-state index is 0.288. The second-order valence-electron chi connectivity index (χ2n) is 3.00. The maximum absolute atomic E-state index is 12.5. The minimum Gasteiger partial charge on any atom is -0.481 e. The third-order valence-electron chi connectivity index (χ3n) is 1.81. The number of aromatic nitrogens is 1. The molecule has 0 aliphatic rings. The van der Waals surface area contributed by atoms with Crippen molar-refractivity contribution in [3.8, 4) is 11.8 Å². The highest BCUT2D eigenvalue weighted by Gasteiger charge is 2.34. The first-order valence-corrected chi connectivity index (χ1v) is 4.41. The van der Waals surface area contributed by atoms with Crippen LogP contribution >= 0.6 is 0 Å². The molecule has 18 heavy (non-hydrogen) atoms. The molecule has 0 aliphatic heterocycles. The van der Waals surface area contributed by atoms with Gasteiger partial charge in [0.2, 0.25) is 11.8 Å². The lowest BCUT2D eigenvalue weighted by Gasteiger charge is -2.13. The molecule has 1 heterocycles. The molecule has 0 bridgehead atoms. The highest BCUT2D eigenvalue weighted by molar-refractivity contribution is 5.90. The molecular formula is C9H7F4NO4. The molecule has 9 heteroatoms. The van der Waals surface area contributed by atoms with Gasteiger partial charge in [0.1, 0.15) is 12.2 Å². The summed E-state index contributed by atoms with van der Waals surface area (Å²) in [5.74, 6) is -3.40. The van der Waals surface area contributed by atoms with E-state index in [1.54, 1.807) is 0 Å². The number of alkyl halides is 4. The zero-order valence-corrected chi connectivity index (χ0v) is 8.92. The number of hydrogen-bond donors (Lipinski definition) is 1. The Morgan fingerprint density at radius 1 is 1.44 bits per heavy atom. The van der Waals surface area contributed by atoms with E-state index in [9.17, 15) is 22.4 Å². The van der Waals surface area contributed by atoms with E-state index in [0.717, 1.165) is 7.11 Å². The van der Waals surface area contributed by atoms with Crippen molar-refractivity contribution in [2.24, 2.45) is 0 Å². The van der Waals surface area contributed by atoms with Crippen LogP contribution in [0.5, 0.6) is 11.8 Å². The molecule has 0 aromatic carbocycles. The van der Waals surface area contributed by atoms with Crippen LogP contribution in [0.2, 0.25) is 0 Å². The van der Waals surface area contributed by atoms with Gasteiger partial charge in [-0.15, -0.1) is 13.2 Å². The Labute approximate surface area is 98.0 Å². The van der Waals surface area contributed by atoms with Gasteiger partial charge >= 0.3 is 12.3 Å². The smallest absolute Gasteiger partial charge is 0.481 e. The molecular weight excluding hydrogens is 262 g/mol. The minimum atomic E-state index is -5.11. The summed E-state index contributed by atoms with van der Waals surface area (Å²) in [6.45, 7) is -1.14. The van der Waals surface area contributed by atoms with Gasteiger partial charge in [-0.3, -0.25) is 0 Å². The van der Waals surface area contributed by atoms with Gasteiger partial charge < -0.3 is 14.6 Å². The van der Waals surface area contributed by atoms with Crippen LogP contribution < -0.4 is 9.47 Å². The number of ether oxygens (including phenoxy) is 2. The third-order valence-corrected chi connectivity index (χ3v) is 1.81. The highest BCUT2D eigenvalue weighted by atomic mass is 19.4. The summed E-state index contributed by atoms with van der Waals surface area (Å²) in [7, 11) is 1.05. The van der Waals surface area contributed by atoms with E-state index in [-0.39, 0.29) is 5.56 Å². The summed E-state index contributed by atoms with van der Waals surface area (Å²) in [5.41, 5.74) is -1.19. The first-order valence-electron chi connectivity index (χ1n) is 4.41. The molecule has 0 radical (unpaired) electrons. The molecule has 0 fully saturated rings. The van der Waals surface area contributed by atoms with Crippen LogP contribution in [0.4, 0.5) is 17.6 Å². The third kappa shape index (κ3) is 3.22. The fraction of sp³-hybridized carbons (Fsp3) is 0.333. The largest absolute Gasteiger partial charge is 0.574 e. The Hall–Kier alpha value is -2.06. The zero-order valence-electron chi connectivity index (χ0n) is 8.92. The first-order chi connectivity index (χ1) is 8.28. The van der Waals surface area contributed by atoms with E-state index in [2.05, 4.69) is 14.5 Å². The predicted molar refractivity (Wildman–Crippen MR) is 49.2 cm³/mol. The van der Waals surface area contributed by atoms with E-state index >= 15 is 0 Å². The fourth-order valence-corrected chi connectivity index (χ4v) is 1.14. The van der Waals surface area contributed by atoms with E-state index in [1.165, 1.54) is 0 Å². The van der Waals surface area contributed by atoms with Crippen LogP contribution in [-0.4, -0.2) is 29.5 Å². The molecule has 1 N–H and O–H groups in total. The SMILES string of the molecule is COc1nc(OC(F)(F)F)c(C(=O)O)cc1CF. The Bertz CT molecular complexity index is 461. The van der Waals surface area contributed by atoms with Crippen LogP contribution in [-0.2, 0) is 6.67 Å². The molecule has 0 amide bonds. The summed E-state index contributed by atoms with van der Waals surface area (Å²) in [6.07, 6.45) is -5.11. The fourth-order valence-electron chi connectivity index (χ4n) is 1.14. The average molecular weight is 269 g/mol. The first kappa shape index (κ1) is 14.0. The Balaban J connectivity index is 3.33. The second-order valence-corrected chi connectivity index (χ2v) is 3.00. The lowest BCUT2D eigenvalue weighted by molar-refractivity contribution is -0.276. The van der Waals surface area contributed by atoms with Gasteiger partial charge in [-0.1, -0.05) is 0 Å². The van der Waals surface area contributed by atoms with Crippen molar-refractivity contribution in [1.29, 1.82) is 0 Å². The number of carboxylic acids is 1. The van der Waals surface area contributed by atoms with Gasteiger partial charge in [-0.25, -0.2) is 9.18 Å². The van der Waals surface area contributed by atoms with Crippen molar-refractivity contribution in [3.05, 3.63) is 17.2 Å². The van der Waals surface area contributed by atoms with Gasteiger partial charge in [-0.2, -0.15) is 4.98 Å². The average Bonchev–Trinajstić information content (AvgIpc) is 2.25. The number of methoxy groups -OCH3 is 1. The quantitative estimate of drug-likeness (QED) is 0.848. The van der Waals surface area contributed by atoms with Crippen LogP contribution in [0, 0.1) is 0 Å². The predicted octanol–water partition coefficient (Wildman–Crippen LogP) is 2.16. The van der Waals surface area contributed by atoms with E-state index in [0.29, 0.717) is 6.07 Å². The van der Waals surface area contributed by atoms with E-state index in [1.807, 2.05) is 0 Å². The molecule has 1 aromatic rings. The summed E-state index contributed by atoms with van der Waals surface area (Å²) in [4.78, 5) is 13.9. The number of pyridine rings is 1. The number of aromatic carboxylic acids is 1. The molecule has 0 atom stereocenters. The van der Waals surface area contributed by atoms with Gasteiger partial charge in [0, 0.05) is 5.56 Å². The van der Waals surface area contributed by atoms with Gasteiger partial charge in [0.15, 0.2) is 0 Å². The summed E-state index contributed by atoms with van der Waals surface area (Å²) in [5, 5.41) is 8.70. The molecule has 0 saturated heterocycles. The lowest BCUT2D eigenvalue weighted by Crippen LogP contribution is -2.20. The summed E-state index contributed by atoms with van der Waals surface area (Å²) >= 11 is 0. The maximum atomic E-state index is 12.5. The number of carboxylic acid groups (broad SMARTS) is 1. The topological polar surface area (TPSA) is 68.7 Å². The van der Waals surface area contributed by atoms with Crippen molar-refractivity contribution in [3.63, 3.8) is 0 Å². The van der Waals surface area contributed by atoms with Gasteiger partial charge in [0.05, 0.1) is 7.11 Å². The van der Waals surface area contributed by atoms with Crippen molar-refractivity contribution in [2.75, 3.05) is 7.11 Å². The maximum Gasteiger partial charge on any atom is 0.574 e. The molecule has 1 aromatic heterocycles.